The molecule has 5 heterocycles. The fourth-order valence-corrected chi connectivity index (χ4v) is 4.81. The number of pyridine rings is 1. The summed E-state index contributed by atoms with van der Waals surface area (Å²) in [5.74, 6) is 1.01. The first-order valence-corrected chi connectivity index (χ1v) is 11.1. The smallest absolute Gasteiger partial charge is 0.256 e. The maximum Gasteiger partial charge on any atom is 0.256 e. The molecule has 8 heteroatoms. The van der Waals surface area contributed by atoms with Gasteiger partial charge in [-0.3, -0.25) is 9.78 Å². The minimum atomic E-state index is -0.0495. The summed E-state index contributed by atoms with van der Waals surface area (Å²) >= 11 is 0. The van der Waals surface area contributed by atoms with Crippen LogP contribution < -0.4 is 10.6 Å². The number of nitrogens with zero attached hydrogens (tertiary/aromatic N) is 6. The number of hydrogen-bond acceptors (Lipinski definition) is 6. The van der Waals surface area contributed by atoms with E-state index >= 15 is 0 Å². The van der Waals surface area contributed by atoms with Crippen molar-refractivity contribution < 1.29 is 4.79 Å². The molecule has 2 aliphatic heterocycles. The number of rotatable bonds is 3. The molecule has 0 bridgehead atoms. The standard InChI is InChI=1S/C23H29N7O/c1-15-6-8-25-12-18(15)23(31)29-9-4-3-5-20(29)19-11-21-26-22(16(2)13-30(21)27-19)28-10-7-17(24)14-28/h6,8,11-13,17,20H,3-5,7,9-10,14,24H2,1-2H3/t17-,20-/m0/s1. The second kappa shape index (κ2) is 7.92. The van der Waals surface area contributed by atoms with Crippen molar-refractivity contribution in [3.8, 4) is 0 Å². The molecule has 3 aromatic rings. The molecule has 2 saturated heterocycles. The molecule has 2 aliphatic rings. The van der Waals surface area contributed by atoms with E-state index in [1.54, 1.807) is 12.4 Å². The van der Waals surface area contributed by atoms with Gasteiger partial charge in [0.2, 0.25) is 0 Å². The van der Waals surface area contributed by atoms with Crippen LogP contribution in [0.3, 0.4) is 0 Å². The van der Waals surface area contributed by atoms with Crippen molar-refractivity contribution in [1.29, 1.82) is 0 Å². The van der Waals surface area contributed by atoms with Crippen molar-refractivity contribution in [2.75, 3.05) is 24.5 Å². The van der Waals surface area contributed by atoms with Crippen molar-refractivity contribution in [1.82, 2.24) is 24.5 Å². The molecule has 8 nitrogen and oxygen atoms in total. The van der Waals surface area contributed by atoms with Crippen LogP contribution in [-0.4, -0.2) is 56.1 Å². The minimum absolute atomic E-state index is 0.0308. The van der Waals surface area contributed by atoms with E-state index in [4.69, 9.17) is 15.8 Å². The van der Waals surface area contributed by atoms with E-state index in [0.29, 0.717) is 5.56 Å². The molecular formula is C23H29N7O. The van der Waals surface area contributed by atoms with Crippen LogP contribution in [-0.2, 0) is 0 Å². The average molecular weight is 420 g/mol. The molecule has 31 heavy (non-hydrogen) atoms. The SMILES string of the molecule is Cc1ccncc1C(=O)N1CCCC[C@H]1c1cc2nc(N3CC[C@H](N)C3)c(C)cn2n1. The second-order valence-electron chi connectivity index (χ2n) is 8.81. The summed E-state index contributed by atoms with van der Waals surface area (Å²) in [5.41, 5.74) is 10.5. The molecule has 0 aromatic carbocycles. The van der Waals surface area contributed by atoms with Crippen LogP contribution in [0, 0.1) is 13.8 Å². The number of anilines is 1. The fraction of sp³-hybridized carbons (Fsp3) is 0.478. The molecule has 0 unspecified atom stereocenters. The normalized spacial score (nSPS) is 21.8. The van der Waals surface area contributed by atoms with Gasteiger partial charge in [0.25, 0.3) is 5.91 Å². The molecule has 5 rings (SSSR count). The summed E-state index contributed by atoms with van der Waals surface area (Å²) in [7, 11) is 0. The number of fused-ring (bicyclic) bond motifs is 1. The molecule has 0 aliphatic carbocycles. The molecular weight excluding hydrogens is 390 g/mol. The van der Waals surface area contributed by atoms with E-state index in [1.165, 1.54) is 0 Å². The van der Waals surface area contributed by atoms with Gasteiger partial charge in [-0.15, -0.1) is 0 Å². The Morgan fingerprint density at radius 1 is 1.16 bits per heavy atom. The predicted octanol–water partition coefficient (Wildman–Crippen LogP) is 2.65. The highest BCUT2D eigenvalue weighted by Crippen LogP contribution is 2.33. The molecule has 0 spiro atoms. The Morgan fingerprint density at radius 2 is 2.03 bits per heavy atom. The maximum atomic E-state index is 13.3. The number of amides is 1. The number of hydrogen-bond donors (Lipinski definition) is 1. The van der Waals surface area contributed by atoms with Crippen LogP contribution in [0.25, 0.3) is 5.65 Å². The lowest BCUT2D eigenvalue weighted by Gasteiger charge is -2.35. The van der Waals surface area contributed by atoms with Gasteiger partial charge in [-0.2, -0.15) is 5.10 Å². The van der Waals surface area contributed by atoms with Crippen molar-refractivity contribution in [3.63, 3.8) is 0 Å². The molecule has 0 radical (unpaired) electrons. The lowest BCUT2D eigenvalue weighted by atomic mass is 9.98. The quantitative estimate of drug-likeness (QED) is 0.702. The number of nitrogens with two attached hydrogens (primary N) is 1. The summed E-state index contributed by atoms with van der Waals surface area (Å²) in [6, 6.07) is 4.07. The first kappa shape index (κ1) is 19.9. The highest BCUT2D eigenvalue weighted by atomic mass is 16.2. The zero-order valence-corrected chi connectivity index (χ0v) is 18.2. The number of likely N-dealkylation sites (tertiary alicyclic amines) is 1. The summed E-state index contributed by atoms with van der Waals surface area (Å²) in [6.07, 6.45) is 9.41. The summed E-state index contributed by atoms with van der Waals surface area (Å²) < 4.78 is 1.84. The number of carbonyl (C=O) groups excluding carboxylic acids is 1. The van der Waals surface area contributed by atoms with E-state index in [-0.39, 0.29) is 18.0 Å². The van der Waals surface area contributed by atoms with Crippen LogP contribution >= 0.6 is 0 Å². The monoisotopic (exact) mass is 419 g/mol. The summed E-state index contributed by atoms with van der Waals surface area (Å²) in [6.45, 7) is 6.52. The average Bonchev–Trinajstić information content (AvgIpc) is 3.38. The van der Waals surface area contributed by atoms with Crippen LogP contribution in [0.5, 0.6) is 0 Å². The van der Waals surface area contributed by atoms with Gasteiger partial charge in [0.1, 0.15) is 5.82 Å². The Morgan fingerprint density at radius 3 is 2.81 bits per heavy atom. The van der Waals surface area contributed by atoms with Crippen LogP contribution in [0.2, 0.25) is 0 Å². The van der Waals surface area contributed by atoms with Gasteiger partial charge < -0.3 is 15.5 Å². The number of carbonyl (C=O) groups is 1. The molecule has 162 valence electrons. The lowest BCUT2D eigenvalue weighted by Crippen LogP contribution is -2.39. The molecule has 2 atom stereocenters. The van der Waals surface area contributed by atoms with Crippen LogP contribution in [0.1, 0.15) is 58.9 Å². The van der Waals surface area contributed by atoms with Crippen molar-refractivity contribution >= 4 is 17.4 Å². The Kier molecular flexibility index (Phi) is 5.09. The van der Waals surface area contributed by atoms with Crippen molar-refractivity contribution in [2.45, 2.75) is 51.6 Å². The molecule has 0 saturated carbocycles. The van der Waals surface area contributed by atoms with E-state index in [9.17, 15) is 4.79 Å². The van der Waals surface area contributed by atoms with Crippen LogP contribution in [0.4, 0.5) is 5.82 Å². The van der Waals surface area contributed by atoms with Gasteiger partial charge in [-0.1, -0.05) is 0 Å². The fourth-order valence-electron chi connectivity index (χ4n) is 4.81. The predicted molar refractivity (Wildman–Crippen MR) is 119 cm³/mol. The number of aromatic nitrogens is 4. The first-order valence-electron chi connectivity index (χ1n) is 11.1. The summed E-state index contributed by atoms with van der Waals surface area (Å²) in [4.78, 5) is 26.6. The summed E-state index contributed by atoms with van der Waals surface area (Å²) in [5, 5.41) is 4.83. The molecule has 2 fully saturated rings. The van der Waals surface area contributed by atoms with Crippen molar-refractivity contribution in [2.24, 2.45) is 5.73 Å². The molecule has 3 aromatic heterocycles. The van der Waals surface area contributed by atoms with Gasteiger partial charge in [-0.25, -0.2) is 9.50 Å². The Balaban J connectivity index is 1.48. The van der Waals surface area contributed by atoms with Gasteiger partial charge in [0.05, 0.1) is 17.3 Å². The molecule has 2 N–H and O–H groups in total. The Bertz CT molecular complexity index is 1120. The van der Waals surface area contributed by atoms with Gasteiger partial charge in [0, 0.05) is 55.9 Å². The van der Waals surface area contributed by atoms with Gasteiger partial charge in [0.15, 0.2) is 5.65 Å². The zero-order chi connectivity index (χ0) is 21.5. The minimum Gasteiger partial charge on any atom is -0.355 e. The van der Waals surface area contributed by atoms with Gasteiger partial charge in [-0.05, 0) is 51.2 Å². The molecule has 1 amide bonds. The second-order valence-corrected chi connectivity index (χ2v) is 8.81. The van der Waals surface area contributed by atoms with E-state index in [0.717, 1.165) is 73.6 Å². The van der Waals surface area contributed by atoms with E-state index in [2.05, 4.69) is 16.8 Å². The topological polar surface area (TPSA) is 92.7 Å². The van der Waals surface area contributed by atoms with E-state index in [1.807, 2.05) is 34.7 Å². The highest BCUT2D eigenvalue weighted by molar-refractivity contribution is 5.95. The first-order chi connectivity index (χ1) is 15.0. The van der Waals surface area contributed by atoms with Gasteiger partial charge >= 0.3 is 0 Å². The third-order valence-electron chi connectivity index (χ3n) is 6.52. The third-order valence-corrected chi connectivity index (χ3v) is 6.52. The number of aryl methyl sites for hydroxylation is 2. The Labute approximate surface area is 182 Å². The van der Waals surface area contributed by atoms with Crippen molar-refractivity contribution in [3.05, 3.63) is 53.1 Å². The Hall–Kier alpha value is -3.00. The largest absolute Gasteiger partial charge is 0.355 e. The lowest BCUT2D eigenvalue weighted by molar-refractivity contribution is 0.0604. The maximum absolute atomic E-state index is 13.3. The van der Waals surface area contributed by atoms with E-state index < -0.39 is 0 Å². The number of piperidine rings is 1. The third kappa shape index (κ3) is 3.65. The highest BCUT2D eigenvalue weighted by Gasteiger charge is 2.31. The van der Waals surface area contributed by atoms with Crippen LogP contribution in [0.15, 0.2) is 30.7 Å². The zero-order valence-electron chi connectivity index (χ0n) is 18.2.